The van der Waals surface area contributed by atoms with Gasteiger partial charge in [0.25, 0.3) is 10.0 Å². The monoisotopic (exact) mass is 272 g/mol. The highest BCUT2D eigenvalue weighted by Gasteiger charge is 2.30. The highest BCUT2D eigenvalue weighted by atomic mass is 32.2. The van der Waals surface area contributed by atoms with E-state index in [1.807, 2.05) is 6.92 Å². The maximum atomic E-state index is 12.3. The van der Waals surface area contributed by atoms with Crippen LogP contribution in [-0.2, 0) is 16.4 Å². The molecule has 1 aromatic rings. The molecule has 0 aromatic carbocycles. The van der Waals surface area contributed by atoms with Crippen molar-refractivity contribution >= 4 is 10.0 Å². The maximum Gasteiger partial charge on any atom is 0.260 e. The van der Waals surface area contributed by atoms with Gasteiger partial charge in [0.1, 0.15) is 5.82 Å². The van der Waals surface area contributed by atoms with Crippen LogP contribution in [0.25, 0.3) is 0 Å². The van der Waals surface area contributed by atoms with Crippen molar-refractivity contribution < 1.29 is 8.42 Å². The predicted octanol–water partition coefficient (Wildman–Crippen LogP) is 0.332. The van der Waals surface area contributed by atoms with Crippen LogP contribution in [0.15, 0.2) is 11.2 Å². The molecule has 1 fully saturated rings. The number of nitrogens with zero attached hydrogens (tertiary/aromatic N) is 2. The van der Waals surface area contributed by atoms with Crippen LogP contribution in [0, 0.1) is 5.92 Å². The van der Waals surface area contributed by atoms with Crippen molar-refractivity contribution in [3.63, 3.8) is 0 Å². The number of piperidine rings is 1. The van der Waals surface area contributed by atoms with Crippen molar-refractivity contribution in [2.75, 3.05) is 19.6 Å². The Balaban J connectivity index is 2.12. The average molecular weight is 272 g/mol. The number of aromatic nitrogens is 2. The summed E-state index contributed by atoms with van der Waals surface area (Å²) in [6.07, 6.45) is 3.78. The highest BCUT2D eigenvalue weighted by Crippen LogP contribution is 2.22. The molecule has 0 bridgehead atoms. The summed E-state index contributed by atoms with van der Waals surface area (Å²) in [4.78, 5) is 6.91. The molecule has 3 N–H and O–H groups in total. The lowest BCUT2D eigenvalue weighted by Gasteiger charge is -2.29. The summed E-state index contributed by atoms with van der Waals surface area (Å²) < 4.78 is 26.2. The van der Waals surface area contributed by atoms with E-state index in [4.69, 9.17) is 5.73 Å². The summed E-state index contributed by atoms with van der Waals surface area (Å²) in [5.74, 6) is 1.15. The molecule has 1 aromatic heterocycles. The minimum absolute atomic E-state index is 0.200. The van der Waals surface area contributed by atoms with Gasteiger partial charge in [-0.3, -0.25) is 0 Å². The van der Waals surface area contributed by atoms with E-state index in [2.05, 4.69) is 9.97 Å². The van der Waals surface area contributed by atoms with Gasteiger partial charge in [0.15, 0.2) is 5.03 Å². The first-order valence-electron chi connectivity index (χ1n) is 6.32. The number of sulfonamides is 1. The lowest BCUT2D eigenvalue weighted by Crippen LogP contribution is -2.40. The van der Waals surface area contributed by atoms with Crippen molar-refractivity contribution in [2.45, 2.75) is 31.2 Å². The number of hydrogen-bond donors (Lipinski definition) is 2. The zero-order valence-corrected chi connectivity index (χ0v) is 11.4. The molecule has 1 saturated heterocycles. The summed E-state index contributed by atoms with van der Waals surface area (Å²) in [7, 11) is -3.41. The van der Waals surface area contributed by atoms with Crippen molar-refractivity contribution in [3.8, 4) is 0 Å². The van der Waals surface area contributed by atoms with E-state index < -0.39 is 10.0 Å². The molecule has 0 spiro atoms. The maximum absolute atomic E-state index is 12.3. The number of H-pyrrole nitrogens is 1. The summed E-state index contributed by atoms with van der Waals surface area (Å²) >= 11 is 0. The molecule has 6 nitrogen and oxygen atoms in total. The van der Waals surface area contributed by atoms with Crippen LogP contribution >= 0.6 is 0 Å². The quantitative estimate of drug-likeness (QED) is 0.826. The summed E-state index contributed by atoms with van der Waals surface area (Å²) in [6, 6.07) is 0. The molecule has 102 valence electrons. The van der Waals surface area contributed by atoms with Crippen LogP contribution in [0.1, 0.15) is 25.6 Å². The first kappa shape index (κ1) is 13.5. The average Bonchev–Trinajstić information content (AvgIpc) is 2.88. The van der Waals surface area contributed by atoms with E-state index in [0.717, 1.165) is 12.8 Å². The normalized spacial score (nSPS) is 19.2. The number of imidazole rings is 1. The van der Waals surface area contributed by atoms with Crippen LogP contribution in [0.2, 0.25) is 0 Å². The smallest absolute Gasteiger partial charge is 0.260 e. The van der Waals surface area contributed by atoms with Crippen LogP contribution in [0.5, 0.6) is 0 Å². The van der Waals surface area contributed by atoms with Gasteiger partial charge in [0, 0.05) is 19.5 Å². The molecule has 0 radical (unpaired) electrons. The third-order valence-electron chi connectivity index (χ3n) is 3.46. The number of nitrogens with one attached hydrogen (secondary N) is 1. The molecule has 2 heterocycles. The van der Waals surface area contributed by atoms with E-state index in [9.17, 15) is 8.42 Å². The first-order chi connectivity index (χ1) is 8.57. The summed E-state index contributed by atoms with van der Waals surface area (Å²) in [6.45, 7) is 3.66. The number of aromatic amines is 1. The zero-order chi connectivity index (χ0) is 13.2. The molecule has 0 saturated carbocycles. The Hall–Kier alpha value is -0.920. The van der Waals surface area contributed by atoms with Crippen molar-refractivity contribution in [1.82, 2.24) is 14.3 Å². The van der Waals surface area contributed by atoms with E-state index >= 15 is 0 Å². The Morgan fingerprint density at radius 2 is 2.17 bits per heavy atom. The third kappa shape index (κ3) is 2.57. The second-order valence-corrected chi connectivity index (χ2v) is 6.54. The number of nitrogens with two attached hydrogens (primary N) is 1. The fourth-order valence-corrected chi connectivity index (χ4v) is 3.58. The second-order valence-electron chi connectivity index (χ2n) is 4.63. The van der Waals surface area contributed by atoms with E-state index in [1.165, 1.54) is 10.5 Å². The molecule has 0 amide bonds. The lowest BCUT2D eigenvalue weighted by molar-refractivity contribution is 0.278. The van der Waals surface area contributed by atoms with Crippen LogP contribution in [0.4, 0.5) is 0 Å². The van der Waals surface area contributed by atoms with Crippen molar-refractivity contribution in [2.24, 2.45) is 11.7 Å². The Kier molecular flexibility index (Phi) is 4.04. The molecule has 7 heteroatoms. The zero-order valence-electron chi connectivity index (χ0n) is 10.6. The van der Waals surface area contributed by atoms with Gasteiger partial charge in [0.05, 0.1) is 6.20 Å². The molecule has 1 aliphatic heterocycles. The van der Waals surface area contributed by atoms with Gasteiger partial charge >= 0.3 is 0 Å². The van der Waals surface area contributed by atoms with Gasteiger partial charge < -0.3 is 10.7 Å². The van der Waals surface area contributed by atoms with Crippen LogP contribution in [-0.4, -0.2) is 42.3 Å². The van der Waals surface area contributed by atoms with Crippen molar-refractivity contribution in [3.05, 3.63) is 12.0 Å². The topological polar surface area (TPSA) is 92.1 Å². The van der Waals surface area contributed by atoms with Gasteiger partial charge in [-0.1, -0.05) is 6.92 Å². The van der Waals surface area contributed by atoms with Gasteiger partial charge in [-0.05, 0) is 25.3 Å². The predicted molar refractivity (Wildman–Crippen MR) is 68.5 cm³/mol. The van der Waals surface area contributed by atoms with Gasteiger partial charge in [0.2, 0.25) is 0 Å². The molecule has 18 heavy (non-hydrogen) atoms. The fraction of sp³-hybridized carbons (Fsp3) is 0.727. The third-order valence-corrected chi connectivity index (χ3v) is 5.27. The highest BCUT2D eigenvalue weighted by molar-refractivity contribution is 7.89. The van der Waals surface area contributed by atoms with E-state index in [0.29, 0.717) is 37.8 Å². The van der Waals surface area contributed by atoms with E-state index in [-0.39, 0.29) is 5.03 Å². The SMILES string of the molecule is CCc1ncc(S(=O)(=O)N2CCC(CN)CC2)[nH]1. The summed E-state index contributed by atoms with van der Waals surface area (Å²) in [5, 5.41) is 0.200. The molecular formula is C11H20N4O2S. The van der Waals surface area contributed by atoms with Gasteiger partial charge in [-0.15, -0.1) is 0 Å². The van der Waals surface area contributed by atoms with E-state index in [1.54, 1.807) is 0 Å². The largest absolute Gasteiger partial charge is 0.332 e. The number of aryl methyl sites for hydroxylation is 1. The Morgan fingerprint density at radius 3 is 2.67 bits per heavy atom. The molecule has 2 rings (SSSR count). The number of hydrogen-bond acceptors (Lipinski definition) is 4. The fourth-order valence-electron chi connectivity index (χ4n) is 2.18. The summed E-state index contributed by atoms with van der Waals surface area (Å²) in [5.41, 5.74) is 5.61. The molecule has 0 unspecified atom stereocenters. The van der Waals surface area contributed by atoms with Crippen LogP contribution < -0.4 is 5.73 Å². The molecule has 0 atom stereocenters. The minimum Gasteiger partial charge on any atom is -0.332 e. The first-order valence-corrected chi connectivity index (χ1v) is 7.76. The molecule has 1 aliphatic rings. The Bertz CT molecular complexity index is 489. The molecular weight excluding hydrogens is 252 g/mol. The number of rotatable bonds is 4. The second kappa shape index (κ2) is 5.38. The van der Waals surface area contributed by atoms with Gasteiger partial charge in [-0.2, -0.15) is 4.31 Å². The van der Waals surface area contributed by atoms with Crippen molar-refractivity contribution in [1.29, 1.82) is 0 Å². The van der Waals surface area contributed by atoms with Gasteiger partial charge in [-0.25, -0.2) is 13.4 Å². The minimum atomic E-state index is -3.41. The van der Waals surface area contributed by atoms with Crippen LogP contribution in [0.3, 0.4) is 0 Å². The standard InChI is InChI=1S/C11H20N4O2S/c1-2-10-13-8-11(14-10)18(16,17)15-5-3-9(7-12)4-6-15/h8-9H,2-7,12H2,1H3,(H,13,14). The Morgan fingerprint density at radius 1 is 1.50 bits per heavy atom. The lowest BCUT2D eigenvalue weighted by atomic mass is 9.99. The molecule has 0 aliphatic carbocycles. The Labute approximate surface area is 108 Å².